The van der Waals surface area contributed by atoms with Gasteiger partial charge in [-0.2, -0.15) is 10.4 Å². The first-order valence-corrected chi connectivity index (χ1v) is 5.86. The van der Waals surface area contributed by atoms with Crippen molar-refractivity contribution in [2.45, 2.75) is 38.1 Å². The third-order valence-corrected chi connectivity index (χ3v) is 3.42. The largest absolute Gasteiger partial charge is 0.481 e. The summed E-state index contributed by atoms with van der Waals surface area (Å²) in [5.74, 6) is -0.369. The van der Waals surface area contributed by atoms with E-state index < -0.39 is 5.97 Å². The maximum absolute atomic E-state index is 10.6. The average molecular weight is 233 g/mol. The molecule has 2 atom stereocenters. The number of rotatable bonds is 4. The minimum atomic E-state index is -0.742. The highest BCUT2D eigenvalue weighted by Crippen LogP contribution is 2.38. The maximum Gasteiger partial charge on any atom is 0.303 e. The van der Waals surface area contributed by atoms with Crippen LogP contribution in [0, 0.1) is 17.2 Å². The van der Waals surface area contributed by atoms with Gasteiger partial charge in [0.2, 0.25) is 0 Å². The van der Waals surface area contributed by atoms with Crippen LogP contribution in [0.1, 0.15) is 43.7 Å². The molecule has 0 radical (unpaired) electrons. The average Bonchev–Trinajstić information content (AvgIpc) is 2.94. The summed E-state index contributed by atoms with van der Waals surface area (Å²) in [5, 5.41) is 21.7. The van der Waals surface area contributed by atoms with Crippen molar-refractivity contribution < 1.29 is 9.90 Å². The summed E-state index contributed by atoms with van der Waals surface area (Å²) < 4.78 is 1.83. The summed E-state index contributed by atoms with van der Waals surface area (Å²) in [5.41, 5.74) is 0.564. The molecule has 1 N–H and O–H groups in total. The summed E-state index contributed by atoms with van der Waals surface area (Å²) in [7, 11) is 0. The monoisotopic (exact) mass is 233 g/mol. The zero-order valence-corrected chi connectivity index (χ0v) is 9.54. The Hall–Kier alpha value is -1.83. The Kier molecular flexibility index (Phi) is 3.43. The van der Waals surface area contributed by atoms with Crippen molar-refractivity contribution in [2.24, 2.45) is 5.92 Å². The lowest BCUT2D eigenvalue weighted by Gasteiger charge is -2.19. The minimum absolute atomic E-state index is 0.216. The van der Waals surface area contributed by atoms with Gasteiger partial charge < -0.3 is 5.11 Å². The molecule has 90 valence electrons. The van der Waals surface area contributed by atoms with E-state index in [-0.39, 0.29) is 12.5 Å². The van der Waals surface area contributed by atoms with Crippen LogP contribution in [0.3, 0.4) is 0 Å². The molecule has 0 saturated heterocycles. The van der Waals surface area contributed by atoms with Gasteiger partial charge in [-0.25, -0.2) is 0 Å². The van der Waals surface area contributed by atoms with Gasteiger partial charge in [-0.3, -0.25) is 9.48 Å². The molecule has 5 nitrogen and oxygen atoms in total. The Morgan fingerprint density at radius 2 is 2.47 bits per heavy atom. The van der Waals surface area contributed by atoms with E-state index in [4.69, 9.17) is 10.4 Å². The summed E-state index contributed by atoms with van der Waals surface area (Å²) in [6.07, 6.45) is 7.42. The lowest BCUT2D eigenvalue weighted by molar-refractivity contribution is -0.137. The van der Waals surface area contributed by atoms with Crippen LogP contribution in [-0.2, 0) is 4.79 Å². The normalized spacial score (nSPS) is 23.5. The molecule has 2 rings (SSSR count). The third kappa shape index (κ3) is 2.64. The lowest BCUT2D eigenvalue weighted by Crippen LogP contribution is -2.15. The van der Waals surface area contributed by atoms with E-state index in [0.29, 0.717) is 17.9 Å². The second-order valence-corrected chi connectivity index (χ2v) is 4.51. The molecule has 0 amide bonds. The van der Waals surface area contributed by atoms with Crippen LogP contribution in [0.25, 0.3) is 0 Å². The van der Waals surface area contributed by atoms with E-state index in [1.165, 1.54) is 0 Å². The van der Waals surface area contributed by atoms with Crippen LogP contribution in [-0.4, -0.2) is 20.9 Å². The number of aliphatic carboxylic acids is 1. The van der Waals surface area contributed by atoms with Crippen molar-refractivity contribution in [3.63, 3.8) is 0 Å². The Bertz CT molecular complexity index is 447. The predicted molar refractivity (Wildman–Crippen MR) is 60.2 cm³/mol. The van der Waals surface area contributed by atoms with Crippen LogP contribution < -0.4 is 0 Å². The van der Waals surface area contributed by atoms with Crippen LogP contribution in [0.2, 0.25) is 0 Å². The van der Waals surface area contributed by atoms with Crippen molar-refractivity contribution >= 4 is 5.97 Å². The summed E-state index contributed by atoms with van der Waals surface area (Å²) in [4.78, 5) is 10.6. The standard InChI is InChI=1S/C12H15N3O2/c13-6-9-7-14-15(8-9)11-3-1-2-10(11)4-5-12(16)17/h7-8,10-11H,1-5H2,(H,16,17). The van der Waals surface area contributed by atoms with Gasteiger partial charge in [0.15, 0.2) is 0 Å². The van der Waals surface area contributed by atoms with Gasteiger partial charge in [-0.1, -0.05) is 6.42 Å². The van der Waals surface area contributed by atoms with E-state index in [1.54, 1.807) is 12.4 Å². The fourth-order valence-corrected chi connectivity index (χ4v) is 2.59. The molecule has 1 aliphatic carbocycles. The Labute approximate surface area is 99.7 Å². The second-order valence-electron chi connectivity index (χ2n) is 4.51. The topological polar surface area (TPSA) is 78.9 Å². The van der Waals surface area contributed by atoms with Crippen LogP contribution in [0.5, 0.6) is 0 Å². The SMILES string of the molecule is N#Cc1cnn(C2CCCC2CCC(=O)O)c1. The number of hydrogen-bond acceptors (Lipinski definition) is 3. The molecule has 1 aliphatic rings. The molecular weight excluding hydrogens is 218 g/mol. The minimum Gasteiger partial charge on any atom is -0.481 e. The van der Waals surface area contributed by atoms with E-state index >= 15 is 0 Å². The summed E-state index contributed by atoms with van der Waals surface area (Å²) in [6, 6.07) is 2.32. The summed E-state index contributed by atoms with van der Waals surface area (Å²) >= 11 is 0. The molecule has 1 saturated carbocycles. The third-order valence-electron chi connectivity index (χ3n) is 3.42. The molecule has 1 fully saturated rings. The molecule has 0 bridgehead atoms. The van der Waals surface area contributed by atoms with Gasteiger partial charge in [0.05, 0.1) is 17.8 Å². The Balaban J connectivity index is 2.04. The molecule has 1 aromatic heterocycles. The van der Waals surface area contributed by atoms with Gasteiger partial charge in [0, 0.05) is 12.6 Å². The van der Waals surface area contributed by atoms with Gasteiger partial charge in [0.1, 0.15) is 6.07 Å². The highest BCUT2D eigenvalue weighted by atomic mass is 16.4. The number of carboxylic acid groups (broad SMARTS) is 1. The number of aromatic nitrogens is 2. The Morgan fingerprint density at radius 3 is 3.12 bits per heavy atom. The quantitative estimate of drug-likeness (QED) is 0.862. The molecule has 1 aromatic rings. The molecular formula is C12H15N3O2. The van der Waals surface area contributed by atoms with Gasteiger partial charge in [0.25, 0.3) is 0 Å². The number of nitriles is 1. The fourth-order valence-electron chi connectivity index (χ4n) is 2.59. The van der Waals surface area contributed by atoms with Crippen LogP contribution in [0.4, 0.5) is 0 Å². The first-order chi connectivity index (χ1) is 8.20. The highest BCUT2D eigenvalue weighted by Gasteiger charge is 2.29. The predicted octanol–water partition coefficient (Wildman–Crippen LogP) is 1.96. The highest BCUT2D eigenvalue weighted by molar-refractivity contribution is 5.66. The number of nitrogens with zero attached hydrogens (tertiary/aromatic N) is 3. The van der Waals surface area contributed by atoms with Crippen molar-refractivity contribution in [3.05, 3.63) is 18.0 Å². The number of carbonyl (C=O) groups is 1. The molecule has 2 unspecified atom stereocenters. The molecule has 0 spiro atoms. The van der Waals surface area contributed by atoms with Gasteiger partial charge >= 0.3 is 5.97 Å². The molecule has 0 aromatic carbocycles. The summed E-state index contributed by atoms with van der Waals surface area (Å²) in [6.45, 7) is 0. The van der Waals surface area contributed by atoms with Crippen molar-refractivity contribution in [1.82, 2.24) is 9.78 Å². The smallest absolute Gasteiger partial charge is 0.303 e. The Morgan fingerprint density at radius 1 is 1.65 bits per heavy atom. The first-order valence-electron chi connectivity index (χ1n) is 5.86. The van der Waals surface area contributed by atoms with E-state index in [1.807, 2.05) is 4.68 Å². The molecule has 5 heteroatoms. The van der Waals surface area contributed by atoms with E-state index in [9.17, 15) is 4.79 Å². The van der Waals surface area contributed by atoms with Crippen LogP contribution >= 0.6 is 0 Å². The van der Waals surface area contributed by atoms with E-state index in [0.717, 1.165) is 19.3 Å². The van der Waals surface area contributed by atoms with Crippen molar-refractivity contribution in [2.75, 3.05) is 0 Å². The second kappa shape index (κ2) is 5.00. The van der Waals surface area contributed by atoms with Crippen molar-refractivity contribution in [3.8, 4) is 6.07 Å². The maximum atomic E-state index is 10.6. The van der Waals surface area contributed by atoms with Crippen LogP contribution in [0.15, 0.2) is 12.4 Å². The number of hydrogen-bond donors (Lipinski definition) is 1. The van der Waals surface area contributed by atoms with E-state index in [2.05, 4.69) is 11.2 Å². The molecule has 0 aliphatic heterocycles. The molecule has 1 heterocycles. The lowest BCUT2D eigenvalue weighted by atomic mass is 9.98. The molecule has 17 heavy (non-hydrogen) atoms. The zero-order valence-electron chi connectivity index (χ0n) is 9.54. The fraction of sp³-hybridized carbons (Fsp3) is 0.583. The van der Waals surface area contributed by atoms with Gasteiger partial charge in [-0.15, -0.1) is 0 Å². The zero-order chi connectivity index (χ0) is 12.3. The first kappa shape index (κ1) is 11.6. The van der Waals surface area contributed by atoms with Gasteiger partial charge in [-0.05, 0) is 25.2 Å². The van der Waals surface area contributed by atoms with Crippen molar-refractivity contribution in [1.29, 1.82) is 5.26 Å². The number of carboxylic acids is 1.